The SMILES string of the molecule is CC(O)C(=O)O.O=C(O)C(O)C(O)C(=O)O.O=C(O)CC(O)(CC(=O)O)C(=O)O.O=C(O)O. The molecule has 0 heterocycles. The molecule has 33 heavy (non-hydrogen) atoms. The zero-order chi connectivity index (χ0) is 27.7. The molecule has 0 radical (unpaired) electrons. The number of hydrogen-bond acceptors (Lipinski definition) is 11. The standard InChI is InChI=1S/C6H8O7.C4H6O6.C3H6O3.CH2O3/c7-3(8)1-6(13,5(11)12)2-4(9)10;5-1(3(7)8)2(6)4(9)10;1-2(4)3(5)6;2-1(3)4/h13H,1-2H2,(H,7,8)(H,9,10)(H,11,12);1-2,5-6H,(H,7,8)(H,9,10);2,4H,1H3,(H,5,6);(H2,2,3,4). The number of hydrogen-bond donors (Lipinski definition) is 12. The summed E-state index contributed by atoms with van der Waals surface area (Å²) in [5.74, 6) is -9.74. The van der Waals surface area contributed by atoms with Crippen molar-refractivity contribution in [3.8, 4) is 0 Å². The maximum absolute atomic E-state index is 10.3. The van der Waals surface area contributed by atoms with Crippen molar-refractivity contribution in [1.82, 2.24) is 0 Å². The summed E-state index contributed by atoms with van der Waals surface area (Å²) in [6.07, 6.45) is -9.89. The van der Waals surface area contributed by atoms with Gasteiger partial charge in [0.1, 0.15) is 6.10 Å². The third-order valence-corrected chi connectivity index (χ3v) is 2.45. The number of aliphatic hydroxyl groups is 4. The third kappa shape index (κ3) is 24.1. The lowest BCUT2D eigenvalue weighted by Gasteiger charge is -2.18. The molecule has 0 aliphatic heterocycles. The molecule has 0 aromatic carbocycles. The van der Waals surface area contributed by atoms with E-state index >= 15 is 0 Å². The van der Waals surface area contributed by atoms with Crippen LogP contribution < -0.4 is 0 Å². The van der Waals surface area contributed by atoms with Crippen molar-refractivity contribution >= 4 is 42.0 Å². The van der Waals surface area contributed by atoms with E-state index in [0.29, 0.717) is 0 Å². The van der Waals surface area contributed by atoms with Crippen molar-refractivity contribution in [1.29, 1.82) is 0 Å². The van der Waals surface area contributed by atoms with E-state index in [1.54, 1.807) is 0 Å². The molecule has 12 N–H and O–H groups in total. The van der Waals surface area contributed by atoms with E-state index in [-0.39, 0.29) is 0 Å². The lowest BCUT2D eigenvalue weighted by Crippen LogP contribution is -2.42. The van der Waals surface area contributed by atoms with E-state index in [1.807, 2.05) is 0 Å². The number of carboxylic acid groups (broad SMARTS) is 8. The van der Waals surface area contributed by atoms with E-state index in [4.69, 9.17) is 66.1 Å². The number of aliphatic hydroxyl groups excluding tert-OH is 3. The van der Waals surface area contributed by atoms with Crippen LogP contribution >= 0.6 is 0 Å². The van der Waals surface area contributed by atoms with E-state index in [1.165, 1.54) is 6.92 Å². The minimum Gasteiger partial charge on any atom is -0.481 e. The van der Waals surface area contributed by atoms with Crippen LogP contribution in [0.2, 0.25) is 0 Å². The first-order valence-electron chi connectivity index (χ1n) is 7.66. The quantitative estimate of drug-likeness (QED) is 0.147. The molecule has 0 aromatic heterocycles. The van der Waals surface area contributed by atoms with Gasteiger partial charge in [-0.1, -0.05) is 0 Å². The van der Waals surface area contributed by atoms with Crippen LogP contribution in [0.15, 0.2) is 0 Å². The van der Waals surface area contributed by atoms with Crippen LogP contribution in [-0.2, 0) is 28.8 Å². The summed E-state index contributed by atoms with van der Waals surface area (Å²) in [4.78, 5) is 68.0. The van der Waals surface area contributed by atoms with Gasteiger partial charge in [0.05, 0.1) is 12.8 Å². The van der Waals surface area contributed by atoms with Gasteiger partial charge in [0.15, 0.2) is 17.8 Å². The molecule has 0 fully saturated rings. The average Bonchev–Trinajstić information content (AvgIpc) is 2.59. The summed E-state index contributed by atoms with van der Waals surface area (Å²) in [5, 5.41) is 96.1. The van der Waals surface area contributed by atoms with E-state index < -0.39 is 78.7 Å². The highest BCUT2D eigenvalue weighted by Gasteiger charge is 2.40. The van der Waals surface area contributed by atoms with Gasteiger partial charge in [-0.2, -0.15) is 0 Å². The van der Waals surface area contributed by atoms with Crippen molar-refractivity contribution < 1.29 is 94.8 Å². The molecule has 3 atom stereocenters. The van der Waals surface area contributed by atoms with Gasteiger partial charge < -0.3 is 61.3 Å². The van der Waals surface area contributed by atoms with Gasteiger partial charge in [-0.25, -0.2) is 24.0 Å². The molecule has 0 bridgehead atoms. The first-order valence-corrected chi connectivity index (χ1v) is 7.66. The summed E-state index contributed by atoms with van der Waals surface area (Å²) in [6.45, 7) is 1.20. The van der Waals surface area contributed by atoms with Crippen molar-refractivity contribution in [2.45, 2.75) is 43.7 Å². The van der Waals surface area contributed by atoms with Crippen LogP contribution in [0.5, 0.6) is 0 Å². The van der Waals surface area contributed by atoms with Gasteiger partial charge in [-0.3, -0.25) is 9.59 Å². The predicted octanol–water partition coefficient (Wildman–Crippen LogP) is -3.70. The fourth-order valence-corrected chi connectivity index (χ4v) is 0.984. The van der Waals surface area contributed by atoms with E-state index in [0.717, 1.165) is 0 Å². The predicted molar refractivity (Wildman–Crippen MR) is 94.3 cm³/mol. The Hall–Kier alpha value is -4.07. The minimum atomic E-state index is -2.74. The molecular formula is C14H22O19. The van der Waals surface area contributed by atoms with Gasteiger partial charge in [-0.15, -0.1) is 0 Å². The van der Waals surface area contributed by atoms with Crippen LogP contribution in [0, 0.1) is 0 Å². The minimum absolute atomic E-state index is 1.14. The van der Waals surface area contributed by atoms with Crippen molar-refractivity contribution in [2.24, 2.45) is 0 Å². The summed E-state index contributed by atoms with van der Waals surface area (Å²) < 4.78 is 0. The smallest absolute Gasteiger partial charge is 0.481 e. The zero-order valence-corrected chi connectivity index (χ0v) is 16.4. The number of rotatable bonds is 9. The second-order valence-corrected chi connectivity index (χ2v) is 5.34. The van der Waals surface area contributed by atoms with Crippen molar-refractivity contribution in [2.75, 3.05) is 0 Å². The number of carboxylic acids is 6. The molecule has 0 aromatic rings. The average molecular weight is 494 g/mol. The van der Waals surface area contributed by atoms with E-state index in [2.05, 4.69) is 0 Å². The molecule has 0 aliphatic rings. The summed E-state index contributed by atoms with van der Waals surface area (Å²) in [5.41, 5.74) is -2.74. The highest BCUT2D eigenvalue weighted by Crippen LogP contribution is 2.15. The number of aliphatic carboxylic acids is 6. The van der Waals surface area contributed by atoms with Gasteiger partial charge in [0.2, 0.25) is 0 Å². The fourth-order valence-electron chi connectivity index (χ4n) is 0.984. The first kappa shape index (κ1) is 36.3. The molecule has 19 heteroatoms. The Morgan fingerprint density at radius 2 is 0.818 bits per heavy atom. The Bertz CT molecular complexity index is 657. The molecule has 0 saturated carbocycles. The molecule has 192 valence electrons. The van der Waals surface area contributed by atoms with Crippen LogP contribution in [0.1, 0.15) is 19.8 Å². The van der Waals surface area contributed by atoms with Crippen LogP contribution in [0.3, 0.4) is 0 Å². The highest BCUT2D eigenvalue weighted by atomic mass is 16.6. The molecule has 0 spiro atoms. The summed E-state index contributed by atoms with van der Waals surface area (Å²) in [6, 6.07) is 0. The van der Waals surface area contributed by atoms with E-state index in [9.17, 15) is 28.8 Å². The van der Waals surface area contributed by atoms with Gasteiger partial charge in [-0.05, 0) is 6.92 Å². The highest BCUT2D eigenvalue weighted by molar-refractivity contribution is 5.88. The molecule has 0 rings (SSSR count). The third-order valence-electron chi connectivity index (χ3n) is 2.45. The maximum Gasteiger partial charge on any atom is 0.503 e. The fraction of sp³-hybridized carbons (Fsp3) is 0.500. The number of carbonyl (C=O) groups is 7. The van der Waals surface area contributed by atoms with Gasteiger partial charge in [0.25, 0.3) is 0 Å². The Morgan fingerprint density at radius 3 is 0.909 bits per heavy atom. The Balaban J connectivity index is -0.000000186. The van der Waals surface area contributed by atoms with Crippen LogP contribution in [0.4, 0.5) is 4.79 Å². The van der Waals surface area contributed by atoms with Crippen LogP contribution in [-0.4, -0.2) is 127 Å². The first-order chi connectivity index (χ1) is 14.6. The van der Waals surface area contributed by atoms with Crippen LogP contribution in [0.25, 0.3) is 0 Å². The molecule has 19 nitrogen and oxygen atoms in total. The Morgan fingerprint density at radius 1 is 0.606 bits per heavy atom. The molecule has 3 unspecified atom stereocenters. The second-order valence-electron chi connectivity index (χ2n) is 5.34. The topological polar surface area (TPSA) is 362 Å². The zero-order valence-electron chi connectivity index (χ0n) is 16.4. The molecule has 0 saturated heterocycles. The summed E-state index contributed by atoms with van der Waals surface area (Å²) in [7, 11) is 0. The van der Waals surface area contributed by atoms with Crippen molar-refractivity contribution in [3.05, 3.63) is 0 Å². The lowest BCUT2D eigenvalue weighted by molar-refractivity contribution is -0.170. The molecule has 0 amide bonds. The lowest BCUT2D eigenvalue weighted by atomic mass is 9.96. The molecular weight excluding hydrogens is 472 g/mol. The largest absolute Gasteiger partial charge is 0.503 e. The Kier molecular flexibility index (Phi) is 19.4. The monoisotopic (exact) mass is 494 g/mol. The van der Waals surface area contributed by atoms with Gasteiger partial charge >= 0.3 is 42.0 Å². The molecule has 0 aliphatic carbocycles. The Labute approximate surface area is 181 Å². The second kappa shape index (κ2) is 17.6. The normalized spacial score (nSPS) is 12.3. The summed E-state index contributed by atoms with van der Waals surface area (Å²) >= 11 is 0. The van der Waals surface area contributed by atoms with Gasteiger partial charge in [0, 0.05) is 0 Å². The van der Waals surface area contributed by atoms with Crippen molar-refractivity contribution in [3.63, 3.8) is 0 Å². The maximum atomic E-state index is 10.3.